The molecule has 5 heteroatoms. The van der Waals surface area contributed by atoms with E-state index in [2.05, 4.69) is 11.8 Å². The predicted octanol–water partition coefficient (Wildman–Crippen LogP) is 0.0761. The monoisotopic (exact) mass is 276 g/mol. The summed E-state index contributed by atoms with van der Waals surface area (Å²) in [5, 5.41) is 9.61. The normalized spacial score (nSPS) is 11.4. The molecule has 1 amide bonds. The number of hydrogen-bond donors (Lipinski definition) is 2. The molecule has 0 aliphatic heterocycles. The lowest BCUT2D eigenvalue weighted by Gasteiger charge is -2.20. The first-order valence-electron chi connectivity index (χ1n) is 6.30. The molecule has 0 bridgehead atoms. The highest BCUT2D eigenvalue weighted by molar-refractivity contribution is 5.94. The van der Waals surface area contributed by atoms with Crippen LogP contribution in [0.3, 0.4) is 0 Å². The summed E-state index contributed by atoms with van der Waals surface area (Å²) in [7, 11) is 3.15. The molecule has 1 aromatic carbocycles. The smallest absolute Gasteiger partial charge is 0.253 e. The lowest BCUT2D eigenvalue weighted by atomic mass is 10.1. The summed E-state index contributed by atoms with van der Waals surface area (Å²) in [6.45, 7) is 0.730. The highest BCUT2D eigenvalue weighted by Crippen LogP contribution is 2.07. The SMILES string of the molecule is COCC(O)CN(C)C(=O)c1ccc(C#CCN)cc1. The Morgan fingerprint density at radius 2 is 2.10 bits per heavy atom. The third-order valence-electron chi connectivity index (χ3n) is 2.66. The molecule has 5 nitrogen and oxygen atoms in total. The summed E-state index contributed by atoms with van der Waals surface area (Å²) < 4.78 is 4.83. The first kappa shape index (κ1) is 16.2. The van der Waals surface area contributed by atoms with Gasteiger partial charge in [0, 0.05) is 31.8 Å². The Balaban J connectivity index is 2.67. The number of nitrogens with zero attached hydrogens (tertiary/aromatic N) is 1. The molecule has 0 saturated carbocycles. The zero-order valence-corrected chi connectivity index (χ0v) is 11.8. The number of carbonyl (C=O) groups excluding carboxylic acids is 1. The highest BCUT2D eigenvalue weighted by atomic mass is 16.5. The van der Waals surface area contributed by atoms with Gasteiger partial charge in [-0.25, -0.2) is 0 Å². The Labute approximate surface area is 119 Å². The molecule has 108 valence electrons. The zero-order valence-electron chi connectivity index (χ0n) is 11.8. The van der Waals surface area contributed by atoms with Crippen molar-refractivity contribution in [2.24, 2.45) is 5.73 Å². The van der Waals surface area contributed by atoms with Crippen molar-refractivity contribution in [3.63, 3.8) is 0 Å². The maximum Gasteiger partial charge on any atom is 0.253 e. The van der Waals surface area contributed by atoms with Gasteiger partial charge >= 0.3 is 0 Å². The third-order valence-corrected chi connectivity index (χ3v) is 2.66. The van der Waals surface area contributed by atoms with Crippen LogP contribution < -0.4 is 5.73 Å². The number of carbonyl (C=O) groups is 1. The Hall–Kier alpha value is -1.87. The van der Waals surface area contributed by atoms with Crippen LogP contribution in [-0.2, 0) is 4.74 Å². The van der Waals surface area contributed by atoms with Crippen LogP contribution >= 0.6 is 0 Å². The first-order valence-corrected chi connectivity index (χ1v) is 6.30. The minimum atomic E-state index is -0.691. The summed E-state index contributed by atoms with van der Waals surface area (Å²) in [6.07, 6.45) is -0.691. The van der Waals surface area contributed by atoms with E-state index in [0.717, 1.165) is 5.56 Å². The number of ether oxygens (including phenoxy) is 1. The molecule has 0 aliphatic carbocycles. The molecule has 1 atom stereocenters. The maximum absolute atomic E-state index is 12.1. The van der Waals surface area contributed by atoms with E-state index >= 15 is 0 Å². The summed E-state index contributed by atoms with van der Waals surface area (Å²) >= 11 is 0. The van der Waals surface area contributed by atoms with Gasteiger partial charge in [0.2, 0.25) is 0 Å². The van der Waals surface area contributed by atoms with Crippen LogP contribution in [0.4, 0.5) is 0 Å². The number of methoxy groups -OCH3 is 1. The molecule has 0 aliphatic rings. The molecule has 0 fully saturated rings. The van der Waals surface area contributed by atoms with E-state index in [1.807, 2.05) is 0 Å². The van der Waals surface area contributed by atoms with Gasteiger partial charge in [-0.1, -0.05) is 11.8 Å². The maximum atomic E-state index is 12.1. The fourth-order valence-electron chi connectivity index (χ4n) is 1.71. The molecule has 3 N–H and O–H groups in total. The van der Waals surface area contributed by atoms with Crippen molar-refractivity contribution in [2.45, 2.75) is 6.10 Å². The second-order valence-corrected chi connectivity index (χ2v) is 4.38. The van der Waals surface area contributed by atoms with E-state index in [9.17, 15) is 9.90 Å². The van der Waals surface area contributed by atoms with Gasteiger partial charge in [0.05, 0.1) is 19.3 Å². The molecule has 1 unspecified atom stereocenters. The van der Waals surface area contributed by atoms with Crippen molar-refractivity contribution in [2.75, 3.05) is 33.9 Å². The van der Waals surface area contributed by atoms with Crippen LogP contribution in [0.1, 0.15) is 15.9 Å². The van der Waals surface area contributed by atoms with Crippen molar-refractivity contribution in [1.29, 1.82) is 0 Å². The van der Waals surface area contributed by atoms with Crippen LogP contribution in [0.15, 0.2) is 24.3 Å². The van der Waals surface area contributed by atoms with E-state index in [4.69, 9.17) is 10.5 Å². The van der Waals surface area contributed by atoms with Crippen molar-refractivity contribution in [3.8, 4) is 11.8 Å². The molecular weight excluding hydrogens is 256 g/mol. The number of benzene rings is 1. The molecule has 0 aromatic heterocycles. The summed E-state index contributed by atoms with van der Waals surface area (Å²) in [6, 6.07) is 6.97. The number of aliphatic hydroxyl groups is 1. The molecule has 0 heterocycles. The van der Waals surface area contributed by atoms with E-state index in [-0.39, 0.29) is 19.1 Å². The molecule has 1 rings (SSSR count). The number of amides is 1. The van der Waals surface area contributed by atoms with Gasteiger partial charge in [0.25, 0.3) is 5.91 Å². The Morgan fingerprint density at radius 3 is 2.65 bits per heavy atom. The fraction of sp³-hybridized carbons (Fsp3) is 0.400. The van der Waals surface area contributed by atoms with Gasteiger partial charge in [0.1, 0.15) is 0 Å². The number of likely N-dealkylation sites (N-methyl/N-ethyl adjacent to an activating group) is 1. The Morgan fingerprint density at radius 1 is 1.45 bits per heavy atom. The molecule has 20 heavy (non-hydrogen) atoms. The Kier molecular flexibility index (Phi) is 6.74. The van der Waals surface area contributed by atoms with Gasteiger partial charge in [-0.2, -0.15) is 0 Å². The average molecular weight is 276 g/mol. The largest absolute Gasteiger partial charge is 0.389 e. The van der Waals surface area contributed by atoms with E-state index in [1.165, 1.54) is 12.0 Å². The molecule has 0 radical (unpaired) electrons. The quantitative estimate of drug-likeness (QED) is 0.747. The van der Waals surface area contributed by atoms with Crippen molar-refractivity contribution >= 4 is 5.91 Å². The average Bonchev–Trinajstić information content (AvgIpc) is 2.45. The van der Waals surface area contributed by atoms with Crippen molar-refractivity contribution in [3.05, 3.63) is 35.4 Å². The standard InChI is InChI=1S/C15H20N2O3/c1-17(10-14(18)11-20-2)15(19)13-7-5-12(6-8-13)4-3-9-16/h5-8,14,18H,9-11,16H2,1-2H3. The third kappa shape index (κ3) is 5.02. The van der Waals surface area contributed by atoms with E-state index < -0.39 is 6.10 Å². The zero-order chi connectivity index (χ0) is 15.0. The fourth-order valence-corrected chi connectivity index (χ4v) is 1.71. The minimum absolute atomic E-state index is 0.154. The number of nitrogens with two attached hydrogens (primary N) is 1. The van der Waals surface area contributed by atoms with E-state index in [0.29, 0.717) is 12.1 Å². The number of rotatable bonds is 5. The van der Waals surface area contributed by atoms with Crippen molar-refractivity contribution in [1.82, 2.24) is 4.90 Å². The lowest BCUT2D eigenvalue weighted by Crippen LogP contribution is -2.36. The summed E-state index contributed by atoms with van der Waals surface area (Å²) in [5.74, 6) is 5.49. The van der Waals surface area contributed by atoms with Crippen molar-refractivity contribution < 1.29 is 14.6 Å². The number of aliphatic hydroxyl groups excluding tert-OH is 1. The van der Waals surface area contributed by atoms with Gasteiger partial charge in [-0.05, 0) is 24.3 Å². The minimum Gasteiger partial charge on any atom is -0.389 e. The summed E-state index contributed by atoms with van der Waals surface area (Å²) in [5.41, 5.74) is 6.66. The van der Waals surface area contributed by atoms with Gasteiger partial charge < -0.3 is 20.5 Å². The van der Waals surface area contributed by atoms with Gasteiger partial charge in [-0.15, -0.1) is 0 Å². The molecular formula is C15H20N2O3. The second-order valence-electron chi connectivity index (χ2n) is 4.38. The topological polar surface area (TPSA) is 75.8 Å². The Bertz CT molecular complexity index is 488. The highest BCUT2D eigenvalue weighted by Gasteiger charge is 2.15. The first-order chi connectivity index (χ1) is 9.58. The predicted molar refractivity (Wildman–Crippen MR) is 77.2 cm³/mol. The van der Waals surface area contributed by atoms with Crippen LogP contribution in [0.25, 0.3) is 0 Å². The number of hydrogen-bond acceptors (Lipinski definition) is 4. The van der Waals surface area contributed by atoms with Crippen LogP contribution in [0.2, 0.25) is 0 Å². The molecule has 1 aromatic rings. The van der Waals surface area contributed by atoms with Crippen LogP contribution in [-0.4, -0.2) is 55.9 Å². The summed E-state index contributed by atoms with van der Waals surface area (Å²) in [4.78, 5) is 13.6. The van der Waals surface area contributed by atoms with Crippen LogP contribution in [0.5, 0.6) is 0 Å². The van der Waals surface area contributed by atoms with Gasteiger partial charge in [0.15, 0.2) is 0 Å². The van der Waals surface area contributed by atoms with Crippen LogP contribution in [0, 0.1) is 11.8 Å². The van der Waals surface area contributed by atoms with E-state index in [1.54, 1.807) is 31.3 Å². The second kappa shape index (κ2) is 8.33. The molecule has 0 saturated heterocycles. The lowest BCUT2D eigenvalue weighted by molar-refractivity contribution is 0.0380. The van der Waals surface area contributed by atoms with Gasteiger partial charge in [-0.3, -0.25) is 4.79 Å². The molecule has 0 spiro atoms.